The van der Waals surface area contributed by atoms with Gasteiger partial charge in [-0.2, -0.15) is 0 Å². The highest BCUT2D eigenvalue weighted by atomic mass is 32.2. The smallest absolute Gasteiger partial charge is 0.177 e. The molecule has 0 atom stereocenters. The molecule has 0 bridgehead atoms. The standard InChI is InChI=1S/C10H13NOS2/c1-2-13-8-5-7(11)10(14-8)9(12)6-3-4-6/h5-6H,2-4,11H2,1H3. The van der Waals surface area contributed by atoms with Crippen LogP contribution in [0, 0.1) is 5.92 Å². The fraction of sp³-hybridized carbons (Fsp3) is 0.500. The van der Waals surface area contributed by atoms with Crippen LogP contribution in [-0.2, 0) is 0 Å². The topological polar surface area (TPSA) is 43.1 Å². The third kappa shape index (κ3) is 1.96. The predicted molar refractivity (Wildman–Crippen MR) is 62.2 cm³/mol. The Morgan fingerprint density at radius 1 is 1.71 bits per heavy atom. The van der Waals surface area contributed by atoms with Gasteiger partial charge in [0, 0.05) is 5.92 Å². The maximum atomic E-state index is 11.8. The van der Waals surface area contributed by atoms with E-state index in [1.165, 1.54) is 0 Å². The van der Waals surface area contributed by atoms with Crippen molar-refractivity contribution in [2.24, 2.45) is 5.92 Å². The van der Waals surface area contributed by atoms with Crippen LogP contribution in [0.5, 0.6) is 0 Å². The molecular weight excluding hydrogens is 214 g/mol. The zero-order chi connectivity index (χ0) is 10.1. The fourth-order valence-electron chi connectivity index (χ4n) is 1.32. The van der Waals surface area contributed by atoms with Gasteiger partial charge in [-0.25, -0.2) is 0 Å². The summed E-state index contributed by atoms with van der Waals surface area (Å²) in [6.45, 7) is 2.10. The number of anilines is 1. The Labute approximate surface area is 91.9 Å². The molecule has 0 saturated heterocycles. The molecule has 0 radical (unpaired) electrons. The predicted octanol–water partition coefficient (Wildman–Crippen LogP) is 3.04. The van der Waals surface area contributed by atoms with Gasteiger partial charge in [-0.05, 0) is 24.7 Å². The third-order valence-corrected chi connectivity index (χ3v) is 4.45. The molecule has 1 aliphatic carbocycles. The molecule has 0 amide bonds. The molecule has 76 valence electrons. The van der Waals surface area contributed by atoms with Crippen molar-refractivity contribution in [3.8, 4) is 0 Å². The van der Waals surface area contributed by atoms with E-state index in [-0.39, 0.29) is 11.7 Å². The number of thiophene rings is 1. The first kappa shape index (κ1) is 10.1. The summed E-state index contributed by atoms with van der Waals surface area (Å²) in [5.74, 6) is 1.56. The molecule has 14 heavy (non-hydrogen) atoms. The van der Waals surface area contributed by atoms with Crippen molar-refractivity contribution in [2.75, 3.05) is 11.5 Å². The summed E-state index contributed by atoms with van der Waals surface area (Å²) in [7, 11) is 0. The van der Waals surface area contributed by atoms with Crippen LogP contribution in [0.4, 0.5) is 5.69 Å². The maximum absolute atomic E-state index is 11.8. The molecule has 2 nitrogen and oxygen atoms in total. The summed E-state index contributed by atoms with van der Waals surface area (Å²) >= 11 is 3.30. The average Bonchev–Trinajstić information content (AvgIpc) is 2.91. The van der Waals surface area contributed by atoms with E-state index in [1.807, 2.05) is 6.07 Å². The minimum atomic E-state index is 0.260. The lowest BCUT2D eigenvalue weighted by Gasteiger charge is -1.94. The Kier molecular flexibility index (Phi) is 2.83. The summed E-state index contributed by atoms with van der Waals surface area (Å²) in [6.07, 6.45) is 2.10. The van der Waals surface area contributed by atoms with Crippen LogP contribution < -0.4 is 5.73 Å². The summed E-state index contributed by atoms with van der Waals surface area (Å²) in [5, 5.41) is 0. The zero-order valence-corrected chi connectivity index (χ0v) is 9.71. The van der Waals surface area contributed by atoms with Gasteiger partial charge in [0.1, 0.15) is 0 Å². The number of nitrogens with two attached hydrogens (primary N) is 1. The lowest BCUT2D eigenvalue weighted by Crippen LogP contribution is -2.01. The number of rotatable bonds is 4. The minimum absolute atomic E-state index is 0.260. The molecule has 1 aromatic heterocycles. The molecule has 0 aliphatic heterocycles. The molecule has 2 rings (SSSR count). The second kappa shape index (κ2) is 3.95. The van der Waals surface area contributed by atoms with Crippen molar-refractivity contribution in [3.63, 3.8) is 0 Å². The molecule has 0 unspecified atom stereocenters. The highest BCUT2D eigenvalue weighted by molar-refractivity contribution is 8.01. The maximum Gasteiger partial charge on any atom is 0.177 e. The third-order valence-electron chi connectivity index (χ3n) is 2.20. The van der Waals surface area contributed by atoms with E-state index in [1.54, 1.807) is 23.1 Å². The molecule has 0 aromatic carbocycles. The van der Waals surface area contributed by atoms with E-state index in [0.717, 1.165) is 27.7 Å². The molecule has 0 spiro atoms. The summed E-state index contributed by atoms with van der Waals surface area (Å²) in [4.78, 5) is 12.5. The Balaban J connectivity index is 2.19. The van der Waals surface area contributed by atoms with E-state index in [9.17, 15) is 4.79 Å². The summed E-state index contributed by atoms with van der Waals surface area (Å²) < 4.78 is 1.16. The van der Waals surface area contributed by atoms with Crippen LogP contribution in [0.1, 0.15) is 29.4 Å². The second-order valence-corrected chi connectivity index (χ2v) is 6.04. The Hall–Kier alpha value is -0.480. The van der Waals surface area contributed by atoms with Gasteiger partial charge in [0.2, 0.25) is 0 Å². The van der Waals surface area contributed by atoms with Gasteiger partial charge in [-0.3, -0.25) is 4.79 Å². The van der Waals surface area contributed by atoms with Gasteiger partial charge in [0.25, 0.3) is 0 Å². The van der Waals surface area contributed by atoms with Gasteiger partial charge in [0.05, 0.1) is 14.8 Å². The van der Waals surface area contributed by atoms with Crippen molar-refractivity contribution in [3.05, 3.63) is 10.9 Å². The number of carbonyl (C=O) groups excluding carboxylic acids is 1. The average molecular weight is 227 g/mol. The SMILES string of the molecule is CCSc1cc(N)c(C(=O)C2CC2)s1. The second-order valence-electron chi connectivity index (χ2n) is 3.42. The molecule has 1 heterocycles. The minimum Gasteiger partial charge on any atom is -0.397 e. The summed E-state index contributed by atoms with van der Waals surface area (Å²) in [6, 6.07) is 1.93. The first-order valence-corrected chi connectivity index (χ1v) is 6.59. The van der Waals surface area contributed by atoms with Crippen molar-refractivity contribution < 1.29 is 4.79 Å². The quantitative estimate of drug-likeness (QED) is 0.635. The number of ketones is 1. The number of thioether (sulfide) groups is 1. The normalized spacial score (nSPS) is 15.8. The van der Waals surface area contributed by atoms with Crippen molar-refractivity contribution in [1.29, 1.82) is 0 Å². The van der Waals surface area contributed by atoms with E-state index in [0.29, 0.717) is 5.69 Å². The molecule has 1 fully saturated rings. The van der Waals surface area contributed by atoms with Gasteiger partial charge in [-0.1, -0.05) is 6.92 Å². The molecule has 4 heteroatoms. The molecule has 1 aromatic rings. The first-order chi connectivity index (χ1) is 6.72. The number of hydrogen-bond acceptors (Lipinski definition) is 4. The van der Waals surface area contributed by atoms with E-state index in [2.05, 4.69) is 6.92 Å². The monoisotopic (exact) mass is 227 g/mol. The molecule has 1 aliphatic rings. The summed E-state index contributed by atoms with van der Waals surface area (Å²) in [5.41, 5.74) is 6.48. The van der Waals surface area contributed by atoms with Crippen LogP contribution in [0.15, 0.2) is 10.3 Å². The van der Waals surface area contributed by atoms with Crippen molar-refractivity contribution in [1.82, 2.24) is 0 Å². The molecular formula is C10H13NOS2. The Bertz CT molecular complexity index is 355. The number of hydrogen-bond donors (Lipinski definition) is 1. The molecule has 1 saturated carbocycles. The lowest BCUT2D eigenvalue weighted by atomic mass is 10.2. The van der Waals surface area contributed by atoms with Crippen LogP contribution in [0.3, 0.4) is 0 Å². The van der Waals surface area contributed by atoms with E-state index in [4.69, 9.17) is 5.73 Å². The largest absolute Gasteiger partial charge is 0.397 e. The van der Waals surface area contributed by atoms with Crippen LogP contribution in [0.25, 0.3) is 0 Å². The number of Topliss-reactive ketones (excluding diaryl/α,β-unsaturated/α-hetero) is 1. The van der Waals surface area contributed by atoms with Gasteiger partial charge in [0.15, 0.2) is 5.78 Å². The van der Waals surface area contributed by atoms with Gasteiger partial charge in [-0.15, -0.1) is 23.1 Å². The zero-order valence-electron chi connectivity index (χ0n) is 8.08. The lowest BCUT2D eigenvalue weighted by molar-refractivity contribution is 0.0972. The van der Waals surface area contributed by atoms with Crippen molar-refractivity contribution in [2.45, 2.75) is 24.0 Å². The molecule has 2 N–H and O–H groups in total. The van der Waals surface area contributed by atoms with Gasteiger partial charge < -0.3 is 5.73 Å². The van der Waals surface area contributed by atoms with Crippen molar-refractivity contribution >= 4 is 34.6 Å². The highest BCUT2D eigenvalue weighted by Gasteiger charge is 2.32. The van der Waals surface area contributed by atoms with Crippen LogP contribution >= 0.6 is 23.1 Å². The Morgan fingerprint density at radius 2 is 2.43 bits per heavy atom. The fourth-order valence-corrected chi connectivity index (χ4v) is 3.48. The highest BCUT2D eigenvalue weighted by Crippen LogP contribution is 2.39. The number of nitrogen functional groups attached to an aromatic ring is 1. The van der Waals surface area contributed by atoms with Crippen LogP contribution in [-0.4, -0.2) is 11.5 Å². The van der Waals surface area contributed by atoms with Crippen LogP contribution in [0.2, 0.25) is 0 Å². The Morgan fingerprint density at radius 3 is 3.00 bits per heavy atom. The number of carbonyl (C=O) groups is 1. The van der Waals surface area contributed by atoms with E-state index >= 15 is 0 Å². The van der Waals surface area contributed by atoms with Gasteiger partial charge >= 0.3 is 0 Å². The first-order valence-electron chi connectivity index (χ1n) is 4.78. The van der Waals surface area contributed by atoms with E-state index < -0.39 is 0 Å².